The van der Waals surface area contributed by atoms with Crippen LogP contribution in [0.2, 0.25) is 0 Å². The van der Waals surface area contributed by atoms with Gasteiger partial charge in [0.1, 0.15) is 0 Å². The summed E-state index contributed by atoms with van der Waals surface area (Å²) in [6, 6.07) is 0. The highest BCUT2D eigenvalue weighted by atomic mass is 35.5. The van der Waals surface area contributed by atoms with Gasteiger partial charge in [-0.05, 0) is 24.7 Å². The number of hydrogen-bond acceptors (Lipinski definition) is 3. The zero-order valence-corrected chi connectivity index (χ0v) is 11.3. The van der Waals surface area contributed by atoms with Crippen LogP contribution in [0.15, 0.2) is 12.4 Å². The Morgan fingerprint density at radius 3 is 2.35 bits per heavy atom. The minimum Gasteiger partial charge on any atom is -0.341 e. The van der Waals surface area contributed by atoms with Crippen LogP contribution in [0.4, 0.5) is 5.95 Å². The zero-order chi connectivity index (χ0) is 12.3. The SMILES string of the molecule is CC(C)C1CCN(c2ncc(CCl)cn2)CC1. The van der Waals surface area contributed by atoms with Crippen molar-refractivity contribution >= 4 is 17.5 Å². The van der Waals surface area contributed by atoms with Crippen LogP contribution in [0.3, 0.4) is 0 Å². The summed E-state index contributed by atoms with van der Waals surface area (Å²) >= 11 is 5.73. The first kappa shape index (κ1) is 12.6. The normalized spacial score (nSPS) is 17.8. The maximum atomic E-state index is 5.73. The lowest BCUT2D eigenvalue weighted by Gasteiger charge is -2.33. The fourth-order valence-corrected chi connectivity index (χ4v) is 2.48. The summed E-state index contributed by atoms with van der Waals surface area (Å²) in [5.41, 5.74) is 0.979. The van der Waals surface area contributed by atoms with Crippen LogP contribution in [0.25, 0.3) is 0 Å². The van der Waals surface area contributed by atoms with E-state index in [0.717, 1.165) is 36.4 Å². The quantitative estimate of drug-likeness (QED) is 0.776. The van der Waals surface area contributed by atoms with Crippen molar-refractivity contribution in [3.05, 3.63) is 18.0 Å². The highest BCUT2D eigenvalue weighted by Crippen LogP contribution is 2.26. The Labute approximate surface area is 108 Å². The van der Waals surface area contributed by atoms with Gasteiger partial charge in [0.25, 0.3) is 0 Å². The van der Waals surface area contributed by atoms with E-state index >= 15 is 0 Å². The summed E-state index contributed by atoms with van der Waals surface area (Å²) in [5.74, 6) is 2.97. The van der Waals surface area contributed by atoms with Crippen LogP contribution in [-0.2, 0) is 5.88 Å². The van der Waals surface area contributed by atoms with Crippen LogP contribution in [-0.4, -0.2) is 23.1 Å². The monoisotopic (exact) mass is 253 g/mol. The van der Waals surface area contributed by atoms with Gasteiger partial charge in [-0.3, -0.25) is 0 Å². The third kappa shape index (κ3) is 3.09. The first-order valence-electron chi connectivity index (χ1n) is 6.32. The van der Waals surface area contributed by atoms with E-state index in [2.05, 4.69) is 28.7 Å². The molecule has 0 aliphatic carbocycles. The van der Waals surface area contributed by atoms with Crippen molar-refractivity contribution in [3.8, 4) is 0 Å². The molecule has 0 N–H and O–H groups in total. The molecule has 17 heavy (non-hydrogen) atoms. The molecule has 1 aliphatic heterocycles. The van der Waals surface area contributed by atoms with Crippen molar-refractivity contribution < 1.29 is 0 Å². The fourth-order valence-electron chi connectivity index (χ4n) is 2.35. The Balaban J connectivity index is 1.95. The summed E-state index contributed by atoms with van der Waals surface area (Å²) < 4.78 is 0. The summed E-state index contributed by atoms with van der Waals surface area (Å²) in [4.78, 5) is 11.0. The predicted octanol–water partition coefficient (Wildman–Crippen LogP) is 3.09. The maximum Gasteiger partial charge on any atom is 0.225 e. The third-order valence-electron chi connectivity index (χ3n) is 3.61. The second-order valence-corrected chi connectivity index (χ2v) is 5.36. The largest absolute Gasteiger partial charge is 0.341 e. The Kier molecular flexibility index (Phi) is 4.21. The van der Waals surface area contributed by atoms with Crippen LogP contribution < -0.4 is 4.90 Å². The highest BCUT2D eigenvalue weighted by Gasteiger charge is 2.22. The third-order valence-corrected chi connectivity index (χ3v) is 3.92. The van der Waals surface area contributed by atoms with Crippen molar-refractivity contribution in [2.75, 3.05) is 18.0 Å². The molecule has 0 amide bonds. The highest BCUT2D eigenvalue weighted by molar-refractivity contribution is 6.17. The van der Waals surface area contributed by atoms with E-state index < -0.39 is 0 Å². The average Bonchev–Trinajstić information content (AvgIpc) is 2.39. The lowest BCUT2D eigenvalue weighted by Crippen LogP contribution is -2.36. The van der Waals surface area contributed by atoms with E-state index in [9.17, 15) is 0 Å². The summed E-state index contributed by atoms with van der Waals surface area (Å²) in [7, 11) is 0. The first-order chi connectivity index (χ1) is 8.20. The summed E-state index contributed by atoms with van der Waals surface area (Å²) in [6.07, 6.45) is 6.14. The van der Waals surface area contributed by atoms with Gasteiger partial charge >= 0.3 is 0 Å². The lowest BCUT2D eigenvalue weighted by molar-refractivity contribution is 0.310. The molecule has 1 saturated heterocycles. The molecule has 0 saturated carbocycles. The van der Waals surface area contributed by atoms with Gasteiger partial charge in [0, 0.05) is 31.0 Å². The van der Waals surface area contributed by atoms with E-state index in [0.29, 0.717) is 5.88 Å². The van der Waals surface area contributed by atoms with Gasteiger partial charge in [0.2, 0.25) is 5.95 Å². The van der Waals surface area contributed by atoms with Crippen molar-refractivity contribution in [1.82, 2.24) is 9.97 Å². The molecule has 0 radical (unpaired) electrons. The van der Waals surface area contributed by atoms with Crippen molar-refractivity contribution in [1.29, 1.82) is 0 Å². The maximum absolute atomic E-state index is 5.73. The Morgan fingerprint density at radius 1 is 1.29 bits per heavy atom. The minimum atomic E-state index is 0.482. The number of alkyl halides is 1. The fraction of sp³-hybridized carbons (Fsp3) is 0.692. The molecule has 1 aromatic heterocycles. The number of hydrogen-bond donors (Lipinski definition) is 0. The minimum absolute atomic E-state index is 0.482. The molecule has 1 aromatic rings. The molecule has 0 unspecified atom stereocenters. The van der Waals surface area contributed by atoms with Gasteiger partial charge < -0.3 is 4.90 Å². The van der Waals surface area contributed by atoms with Crippen LogP contribution in [0, 0.1) is 11.8 Å². The molecule has 4 heteroatoms. The van der Waals surface area contributed by atoms with E-state index in [1.54, 1.807) is 0 Å². The smallest absolute Gasteiger partial charge is 0.225 e. The molecule has 3 nitrogen and oxygen atoms in total. The zero-order valence-electron chi connectivity index (χ0n) is 10.6. The molecular weight excluding hydrogens is 234 g/mol. The van der Waals surface area contributed by atoms with Gasteiger partial charge in [-0.2, -0.15) is 0 Å². The van der Waals surface area contributed by atoms with Crippen molar-refractivity contribution in [2.45, 2.75) is 32.6 Å². The number of nitrogens with zero attached hydrogens (tertiary/aromatic N) is 3. The van der Waals surface area contributed by atoms with Gasteiger partial charge in [-0.1, -0.05) is 13.8 Å². The van der Waals surface area contributed by atoms with Crippen LogP contribution >= 0.6 is 11.6 Å². The molecule has 1 aliphatic rings. The summed E-state index contributed by atoms with van der Waals surface area (Å²) in [5, 5.41) is 0. The van der Waals surface area contributed by atoms with Crippen LogP contribution in [0.1, 0.15) is 32.3 Å². The van der Waals surface area contributed by atoms with E-state index in [1.165, 1.54) is 12.8 Å². The van der Waals surface area contributed by atoms with E-state index in [4.69, 9.17) is 11.6 Å². The lowest BCUT2D eigenvalue weighted by atomic mass is 9.87. The molecule has 0 spiro atoms. The second-order valence-electron chi connectivity index (χ2n) is 5.09. The molecule has 2 heterocycles. The second kappa shape index (κ2) is 5.67. The topological polar surface area (TPSA) is 29.0 Å². The Morgan fingerprint density at radius 2 is 1.88 bits per heavy atom. The number of aromatic nitrogens is 2. The molecule has 94 valence electrons. The molecule has 0 bridgehead atoms. The molecular formula is C13H20ClN3. The van der Waals surface area contributed by atoms with Gasteiger partial charge in [0.05, 0.1) is 5.88 Å². The standard InChI is InChI=1S/C13H20ClN3/c1-10(2)12-3-5-17(6-4-12)13-15-8-11(7-14)9-16-13/h8-10,12H,3-7H2,1-2H3. The van der Waals surface area contributed by atoms with E-state index in [1.807, 2.05) is 12.4 Å². The number of halogens is 1. The van der Waals surface area contributed by atoms with Crippen molar-refractivity contribution in [3.63, 3.8) is 0 Å². The predicted molar refractivity (Wildman–Crippen MR) is 71.4 cm³/mol. The van der Waals surface area contributed by atoms with Crippen LogP contribution in [0.5, 0.6) is 0 Å². The Hall–Kier alpha value is -0.830. The van der Waals surface area contributed by atoms with E-state index in [-0.39, 0.29) is 0 Å². The number of anilines is 1. The number of piperidine rings is 1. The molecule has 0 aromatic carbocycles. The molecule has 0 atom stereocenters. The summed E-state index contributed by atoms with van der Waals surface area (Å²) in [6.45, 7) is 6.77. The van der Waals surface area contributed by atoms with Gasteiger partial charge in [-0.15, -0.1) is 11.6 Å². The first-order valence-corrected chi connectivity index (χ1v) is 6.86. The molecule has 1 fully saturated rings. The molecule has 2 rings (SSSR count). The van der Waals surface area contributed by atoms with Gasteiger partial charge in [-0.25, -0.2) is 9.97 Å². The average molecular weight is 254 g/mol. The number of rotatable bonds is 3. The van der Waals surface area contributed by atoms with Gasteiger partial charge in [0.15, 0.2) is 0 Å². The van der Waals surface area contributed by atoms with Crippen molar-refractivity contribution in [2.24, 2.45) is 11.8 Å². The Bertz CT molecular complexity index is 342.